The summed E-state index contributed by atoms with van der Waals surface area (Å²) in [4.78, 5) is 14.3. The van der Waals surface area contributed by atoms with Crippen molar-refractivity contribution in [2.45, 2.75) is 33.9 Å². The molecule has 4 aromatic rings. The normalized spacial score (nSPS) is 11.5. The standard InChI is InChI=1S/C24H25N3O3/c1-15-22(28)11-10-20-18(12-23(29)30-24(15)20)13-26(4)14-21-16(2)25-27(17(21)3)19-8-6-5-7-9-19/h5-12,28H,13-14H2,1-4H3. The molecule has 0 atom stereocenters. The number of para-hydroxylation sites is 1. The van der Waals surface area contributed by atoms with Crippen LogP contribution >= 0.6 is 0 Å². The Bertz CT molecular complexity index is 1270. The summed E-state index contributed by atoms with van der Waals surface area (Å²) in [5.41, 5.74) is 5.77. The average Bonchev–Trinajstić information content (AvgIpc) is 3.00. The minimum absolute atomic E-state index is 0.121. The van der Waals surface area contributed by atoms with Gasteiger partial charge in [0, 0.05) is 41.4 Å². The van der Waals surface area contributed by atoms with Gasteiger partial charge in [0.15, 0.2) is 0 Å². The van der Waals surface area contributed by atoms with Crippen molar-refractivity contribution in [2.24, 2.45) is 0 Å². The molecule has 0 aliphatic carbocycles. The van der Waals surface area contributed by atoms with Crippen LogP contribution in [0.1, 0.15) is 28.1 Å². The molecule has 0 bridgehead atoms. The van der Waals surface area contributed by atoms with Crippen LogP contribution in [0.4, 0.5) is 0 Å². The fourth-order valence-electron chi connectivity index (χ4n) is 3.89. The molecule has 2 aromatic carbocycles. The van der Waals surface area contributed by atoms with E-state index in [9.17, 15) is 9.90 Å². The molecular weight excluding hydrogens is 378 g/mol. The van der Waals surface area contributed by atoms with Gasteiger partial charge in [0.2, 0.25) is 0 Å². The predicted molar refractivity (Wildman–Crippen MR) is 117 cm³/mol. The van der Waals surface area contributed by atoms with Gasteiger partial charge in [-0.05, 0) is 57.6 Å². The van der Waals surface area contributed by atoms with Gasteiger partial charge in [-0.1, -0.05) is 18.2 Å². The molecule has 154 valence electrons. The Morgan fingerprint density at radius 1 is 1.07 bits per heavy atom. The van der Waals surface area contributed by atoms with E-state index in [-0.39, 0.29) is 5.75 Å². The Morgan fingerprint density at radius 3 is 2.53 bits per heavy atom. The van der Waals surface area contributed by atoms with Gasteiger partial charge in [0.1, 0.15) is 11.3 Å². The van der Waals surface area contributed by atoms with Crippen LogP contribution in [0.15, 0.2) is 57.7 Å². The minimum atomic E-state index is -0.413. The van der Waals surface area contributed by atoms with Crippen molar-refractivity contribution in [3.05, 3.63) is 87.0 Å². The Labute approximate surface area is 175 Å². The number of benzene rings is 2. The second-order valence-corrected chi connectivity index (χ2v) is 7.75. The van der Waals surface area contributed by atoms with Crippen molar-refractivity contribution in [3.63, 3.8) is 0 Å². The summed E-state index contributed by atoms with van der Waals surface area (Å²) in [5, 5.41) is 15.5. The number of fused-ring (bicyclic) bond motifs is 1. The third kappa shape index (κ3) is 3.62. The summed E-state index contributed by atoms with van der Waals surface area (Å²) in [6.07, 6.45) is 0. The second kappa shape index (κ2) is 7.80. The van der Waals surface area contributed by atoms with Crippen LogP contribution in [-0.4, -0.2) is 26.8 Å². The van der Waals surface area contributed by atoms with Gasteiger partial charge in [-0.3, -0.25) is 4.90 Å². The van der Waals surface area contributed by atoms with E-state index < -0.39 is 5.63 Å². The predicted octanol–water partition coefficient (Wildman–Crippen LogP) is 4.24. The molecule has 2 heterocycles. The third-order valence-electron chi connectivity index (χ3n) is 5.53. The van der Waals surface area contributed by atoms with Crippen molar-refractivity contribution in [1.82, 2.24) is 14.7 Å². The Morgan fingerprint density at radius 2 is 1.80 bits per heavy atom. The zero-order chi connectivity index (χ0) is 21.4. The molecule has 0 saturated carbocycles. The molecule has 0 unspecified atom stereocenters. The first kappa shape index (κ1) is 19.9. The lowest BCUT2D eigenvalue weighted by Crippen LogP contribution is -2.19. The molecular formula is C24H25N3O3. The highest BCUT2D eigenvalue weighted by Crippen LogP contribution is 2.28. The first-order chi connectivity index (χ1) is 14.3. The number of hydrogen-bond donors (Lipinski definition) is 1. The maximum atomic E-state index is 12.1. The van der Waals surface area contributed by atoms with Gasteiger partial charge < -0.3 is 9.52 Å². The summed E-state index contributed by atoms with van der Waals surface area (Å²) in [6.45, 7) is 7.12. The number of aromatic nitrogens is 2. The van der Waals surface area contributed by atoms with Crippen LogP contribution in [0, 0.1) is 20.8 Å². The Hall–Kier alpha value is -3.38. The molecule has 0 saturated heterocycles. The first-order valence-corrected chi connectivity index (χ1v) is 9.89. The van der Waals surface area contributed by atoms with E-state index in [4.69, 9.17) is 9.52 Å². The molecule has 1 N–H and O–H groups in total. The zero-order valence-corrected chi connectivity index (χ0v) is 17.6. The molecule has 0 aliphatic rings. The SMILES string of the molecule is Cc1nn(-c2ccccc2)c(C)c1CN(C)Cc1cc(=O)oc2c(C)c(O)ccc12. The van der Waals surface area contributed by atoms with Crippen LogP contribution in [0.5, 0.6) is 5.75 Å². The maximum absolute atomic E-state index is 12.1. The number of hydrogen-bond acceptors (Lipinski definition) is 5. The van der Waals surface area contributed by atoms with E-state index >= 15 is 0 Å². The van der Waals surface area contributed by atoms with Gasteiger partial charge in [-0.15, -0.1) is 0 Å². The molecule has 30 heavy (non-hydrogen) atoms. The highest BCUT2D eigenvalue weighted by atomic mass is 16.4. The summed E-state index contributed by atoms with van der Waals surface area (Å²) >= 11 is 0. The highest BCUT2D eigenvalue weighted by Gasteiger charge is 2.16. The van der Waals surface area contributed by atoms with Crippen molar-refractivity contribution < 1.29 is 9.52 Å². The van der Waals surface area contributed by atoms with Gasteiger partial charge in [0.25, 0.3) is 0 Å². The quantitative estimate of drug-likeness (QED) is 0.505. The summed E-state index contributed by atoms with van der Waals surface area (Å²) in [6, 6.07) is 15.1. The molecule has 0 fully saturated rings. The Balaban J connectivity index is 1.64. The van der Waals surface area contributed by atoms with Crippen molar-refractivity contribution in [1.29, 1.82) is 0 Å². The van der Waals surface area contributed by atoms with E-state index in [1.807, 2.05) is 49.0 Å². The maximum Gasteiger partial charge on any atom is 0.336 e. The highest BCUT2D eigenvalue weighted by molar-refractivity contribution is 5.84. The van der Waals surface area contributed by atoms with Gasteiger partial charge >= 0.3 is 5.63 Å². The smallest absolute Gasteiger partial charge is 0.336 e. The number of rotatable bonds is 5. The van der Waals surface area contributed by atoms with Crippen molar-refractivity contribution in [2.75, 3.05) is 7.05 Å². The molecule has 0 spiro atoms. The molecule has 6 heteroatoms. The minimum Gasteiger partial charge on any atom is -0.508 e. The topological polar surface area (TPSA) is 71.5 Å². The first-order valence-electron chi connectivity index (χ1n) is 9.89. The van der Waals surface area contributed by atoms with Gasteiger partial charge in [-0.2, -0.15) is 5.10 Å². The number of phenolic OH excluding ortho intramolecular Hbond substituents is 1. The molecule has 0 radical (unpaired) electrons. The largest absolute Gasteiger partial charge is 0.508 e. The lowest BCUT2D eigenvalue weighted by atomic mass is 10.1. The summed E-state index contributed by atoms with van der Waals surface area (Å²) in [7, 11) is 2.02. The summed E-state index contributed by atoms with van der Waals surface area (Å²) < 4.78 is 7.33. The van der Waals surface area contributed by atoms with Crippen LogP contribution in [0.25, 0.3) is 16.7 Å². The van der Waals surface area contributed by atoms with Gasteiger partial charge in [0.05, 0.1) is 11.4 Å². The molecule has 6 nitrogen and oxygen atoms in total. The number of phenols is 1. The van der Waals surface area contributed by atoms with E-state index in [0.29, 0.717) is 24.2 Å². The second-order valence-electron chi connectivity index (χ2n) is 7.75. The average molecular weight is 403 g/mol. The monoisotopic (exact) mass is 403 g/mol. The molecule has 2 aromatic heterocycles. The fraction of sp³-hybridized carbons (Fsp3) is 0.250. The fourth-order valence-corrected chi connectivity index (χ4v) is 3.89. The van der Waals surface area contributed by atoms with Crippen LogP contribution in [0.3, 0.4) is 0 Å². The number of aryl methyl sites for hydroxylation is 2. The summed E-state index contributed by atoms with van der Waals surface area (Å²) in [5.74, 6) is 0.121. The van der Waals surface area contributed by atoms with Crippen molar-refractivity contribution >= 4 is 11.0 Å². The molecule has 0 aliphatic heterocycles. The molecule has 0 amide bonds. The molecule has 4 rings (SSSR count). The van der Waals surface area contributed by atoms with Crippen molar-refractivity contribution in [3.8, 4) is 11.4 Å². The van der Waals surface area contributed by atoms with Crippen LogP contribution < -0.4 is 5.63 Å². The Kier molecular flexibility index (Phi) is 5.18. The number of nitrogens with zero attached hydrogens (tertiary/aromatic N) is 3. The number of aromatic hydroxyl groups is 1. The van der Waals surface area contributed by atoms with E-state index in [0.717, 1.165) is 28.0 Å². The third-order valence-corrected chi connectivity index (χ3v) is 5.53. The van der Waals surface area contributed by atoms with E-state index in [1.54, 1.807) is 19.1 Å². The van der Waals surface area contributed by atoms with Crippen LogP contribution in [0.2, 0.25) is 0 Å². The lowest BCUT2D eigenvalue weighted by Gasteiger charge is -2.18. The van der Waals surface area contributed by atoms with E-state index in [2.05, 4.69) is 11.8 Å². The van der Waals surface area contributed by atoms with Crippen LogP contribution in [-0.2, 0) is 13.1 Å². The van der Waals surface area contributed by atoms with Gasteiger partial charge in [-0.25, -0.2) is 9.48 Å². The van der Waals surface area contributed by atoms with E-state index in [1.165, 1.54) is 11.6 Å². The lowest BCUT2D eigenvalue weighted by molar-refractivity contribution is 0.318. The zero-order valence-electron chi connectivity index (χ0n) is 17.6.